The summed E-state index contributed by atoms with van der Waals surface area (Å²) in [6.45, 7) is 0.464. The van der Waals surface area contributed by atoms with Crippen LogP contribution in [0.25, 0.3) is 0 Å². The Labute approximate surface area is 121 Å². The van der Waals surface area contributed by atoms with Crippen LogP contribution in [-0.4, -0.2) is 21.2 Å². The maximum absolute atomic E-state index is 12.2. The molecule has 1 N–H and O–H groups in total. The molecule has 0 aliphatic heterocycles. The van der Waals surface area contributed by atoms with Gasteiger partial charge in [-0.2, -0.15) is 5.10 Å². The van der Waals surface area contributed by atoms with Crippen LogP contribution in [0.2, 0.25) is 0 Å². The third-order valence-electron chi connectivity index (χ3n) is 3.03. The molecule has 3 rings (SSSR count). The molecule has 5 nitrogen and oxygen atoms in total. The van der Waals surface area contributed by atoms with E-state index >= 15 is 0 Å². The van der Waals surface area contributed by atoms with Crippen LogP contribution in [0, 0.1) is 0 Å². The molecule has 0 atom stereocenters. The normalized spacial score (nSPS) is 11.0. The van der Waals surface area contributed by atoms with Gasteiger partial charge in [0, 0.05) is 0 Å². The minimum absolute atomic E-state index is 0.182. The highest BCUT2D eigenvalue weighted by Crippen LogP contribution is 2.08. The number of rotatable bonds is 4. The first-order chi connectivity index (χ1) is 10.3. The zero-order valence-corrected chi connectivity index (χ0v) is 11.3. The van der Waals surface area contributed by atoms with Gasteiger partial charge in [-0.1, -0.05) is 48.5 Å². The van der Waals surface area contributed by atoms with Gasteiger partial charge < -0.3 is 0 Å². The van der Waals surface area contributed by atoms with E-state index < -0.39 is 0 Å². The van der Waals surface area contributed by atoms with Crippen LogP contribution in [0.5, 0.6) is 0 Å². The smallest absolute Gasteiger partial charge is 0.265 e. The predicted octanol–water partition coefficient (Wildman–Crippen LogP) is 2.37. The second-order valence-corrected chi connectivity index (χ2v) is 4.57. The minimum Gasteiger partial charge on any atom is -0.265 e. The summed E-state index contributed by atoms with van der Waals surface area (Å²) in [6, 6.07) is 19.2. The molecule has 1 heterocycles. The molecule has 2 aromatic carbocycles. The first kappa shape index (κ1) is 13.1. The summed E-state index contributed by atoms with van der Waals surface area (Å²) in [5.74, 6) is 0. The molecule has 0 aliphatic rings. The molecule has 104 valence electrons. The van der Waals surface area contributed by atoms with Crippen molar-refractivity contribution < 1.29 is 0 Å². The highest BCUT2D eigenvalue weighted by atomic mass is 16.1. The van der Waals surface area contributed by atoms with E-state index in [0.29, 0.717) is 12.2 Å². The van der Waals surface area contributed by atoms with Gasteiger partial charge in [-0.3, -0.25) is 9.79 Å². The zero-order valence-electron chi connectivity index (χ0n) is 11.3. The quantitative estimate of drug-likeness (QED) is 0.745. The SMILES string of the molecule is O=c1c(C=Nc2ccccc2)n[nH]n1Cc1ccccc1. The van der Waals surface area contributed by atoms with Crippen LogP contribution < -0.4 is 5.56 Å². The molecule has 0 spiro atoms. The lowest BCUT2D eigenvalue weighted by Crippen LogP contribution is -2.19. The molecule has 0 saturated heterocycles. The van der Waals surface area contributed by atoms with Crippen LogP contribution in [-0.2, 0) is 6.54 Å². The highest BCUT2D eigenvalue weighted by Gasteiger charge is 2.06. The molecule has 0 aliphatic carbocycles. The van der Waals surface area contributed by atoms with Crippen molar-refractivity contribution in [2.45, 2.75) is 6.54 Å². The number of H-pyrrole nitrogens is 1. The zero-order chi connectivity index (χ0) is 14.5. The van der Waals surface area contributed by atoms with Gasteiger partial charge in [-0.25, -0.2) is 9.90 Å². The van der Waals surface area contributed by atoms with Crippen molar-refractivity contribution in [1.29, 1.82) is 0 Å². The topological polar surface area (TPSA) is 63.0 Å². The third kappa shape index (κ3) is 3.14. The van der Waals surface area contributed by atoms with Gasteiger partial charge in [0.05, 0.1) is 18.4 Å². The fraction of sp³-hybridized carbons (Fsp3) is 0.0625. The van der Waals surface area contributed by atoms with E-state index in [0.717, 1.165) is 11.3 Å². The molecule has 0 radical (unpaired) electrons. The maximum atomic E-state index is 12.2. The molecular weight excluding hydrogens is 264 g/mol. The fourth-order valence-corrected chi connectivity index (χ4v) is 1.95. The molecule has 1 aromatic heterocycles. The maximum Gasteiger partial charge on any atom is 0.295 e. The van der Waals surface area contributed by atoms with E-state index in [4.69, 9.17) is 0 Å². The Balaban J connectivity index is 1.80. The Kier molecular flexibility index (Phi) is 3.73. The summed E-state index contributed by atoms with van der Waals surface area (Å²) in [4.78, 5) is 16.4. The van der Waals surface area contributed by atoms with Crippen molar-refractivity contribution in [3.8, 4) is 0 Å². The average Bonchev–Trinajstić information content (AvgIpc) is 2.88. The summed E-state index contributed by atoms with van der Waals surface area (Å²) in [5, 5.41) is 6.72. The van der Waals surface area contributed by atoms with Crippen molar-refractivity contribution >= 4 is 11.9 Å². The molecule has 0 amide bonds. The standard InChI is InChI=1S/C16H14N4O/c21-16-15(11-17-14-9-5-2-6-10-14)18-19-20(16)12-13-7-3-1-4-8-13/h1-11,19H,12H2. The van der Waals surface area contributed by atoms with E-state index in [1.165, 1.54) is 10.9 Å². The van der Waals surface area contributed by atoms with Gasteiger partial charge in [-0.15, -0.1) is 0 Å². The number of aromatic nitrogens is 3. The Bertz CT molecular complexity index is 788. The summed E-state index contributed by atoms with van der Waals surface area (Å²) in [6.07, 6.45) is 1.48. The van der Waals surface area contributed by atoms with E-state index in [1.54, 1.807) is 0 Å². The minimum atomic E-state index is -0.182. The van der Waals surface area contributed by atoms with Crippen molar-refractivity contribution in [2.24, 2.45) is 4.99 Å². The van der Waals surface area contributed by atoms with Crippen molar-refractivity contribution in [2.75, 3.05) is 0 Å². The van der Waals surface area contributed by atoms with E-state index in [9.17, 15) is 4.79 Å². The fourth-order valence-electron chi connectivity index (χ4n) is 1.95. The summed E-state index contributed by atoms with van der Waals surface area (Å²) in [5.41, 5.74) is 1.94. The molecule has 21 heavy (non-hydrogen) atoms. The molecular formula is C16H14N4O. The second-order valence-electron chi connectivity index (χ2n) is 4.57. The molecule has 0 saturated carbocycles. The van der Waals surface area contributed by atoms with E-state index in [-0.39, 0.29) is 5.56 Å². The van der Waals surface area contributed by atoms with Crippen molar-refractivity contribution in [3.05, 3.63) is 82.3 Å². The highest BCUT2D eigenvalue weighted by molar-refractivity contribution is 5.78. The Morgan fingerprint density at radius 1 is 1.05 bits per heavy atom. The number of para-hydroxylation sites is 1. The van der Waals surface area contributed by atoms with Crippen LogP contribution in [0.15, 0.2) is 70.5 Å². The molecule has 0 bridgehead atoms. The van der Waals surface area contributed by atoms with Gasteiger partial charge in [0.25, 0.3) is 5.56 Å². The van der Waals surface area contributed by atoms with Crippen LogP contribution >= 0.6 is 0 Å². The van der Waals surface area contributed by atoms with Gasteiger partial charge in [0.15, 0.2) is 5.69 Å². The number of nitrogens with one attached hydrogen (secondary N) is 1. The number of hydrogen-bond donors (Lipinski definition) is 1. The second kappa shape index (κ2) is 6.00. The monoisotopic (exact) mass is 278 g/mol. The first-order valence-electron chi connectivity index (χ1n) is 6.61. The molecule has 0 fully saturated rings. The van der Waals surface area contributed by atoms with E-state index in [1.807, 2.05) is 60.7 Å². The van der Waals surface area contributed by atoms with Crippen molar-refractivity contribution in [1.82, 2.24) is 15.0 Å². The molecule has 0 unspecified atom stereocenters. The Morgan fingerprint density at radius 3 is 2.43 bits per heavy atom. The van der Waals surface area contributed by atoms with Gasteiger partial charge in [0.1, 0.15) is 0 Å². The number of aliphatic imine (C=N–C) groups is 1. The Hall–Kier alpha value is -2.95. The van der Waals surface area contributed by atoms with Crippen LogP contribution in [0.1, 0.15) is 11.3 Å². The average molecular weight is 278 g/mol. The number of nitrogens with zero attached hydrogens (tertiary/aromatic N) is 3. The predicted molar refractivity (Wildman–Crippen MR) is 82.1 cm³/mol. The number of aromatic amines is 1. The largest absolute Gasteiger partial charge is 0.295 e. The van der Waals surface area contributed by atoms with Crippen molar-refractivity contribution in [3.63, 3.8) is 0 Å². The lowest BCUT2D eigenvalue weighted by molar-refractivity contribution is 0.632. The van der Waals surface area contributed by atoms with Gasteiger partial charge >= 0.3 is 0 Å². The lowest BCUT2D eigenvalue weighted by atomic mass is 10.2. The van der Waals surface area contributed by atoms with Crippen LogP contribution in [0.4, 0.5) is 5.69 Å². The molecule has 3 aromatic rings. The lowest BCUT2D eigenvalue weighted by Gasteiger charge is -1.99. The van der Waals surface area contributed by atoms with E-state index in [2.05, 4.69) is 15.3 Å². The first-order valence-corrected chi connectivity index (χ1v) is 6.61. The third-order valence-corrected chi connectivity index (χ3v) is 3.03. The summed E-state index contributed by atoms with van der Waals surface area (Å²) < 4.78 is 1.46. The Morgan fingerprint density at radius 2 is 1.71 bits per heavy atom. The number of benzene rings is 2. The summed E-state index contributed by atoms with van der Waals surface area (Å²) >= 11 is 0. The van der Waals surface area contributed by atoms with Crippen LogP contribution in [0.3, 0.4) is 0 Å². The summed E-state index contributed by atoms with van der Waals surface area (Å²) in [7, 11) is 0. The van der Waals surface area contributed by atoms with Gasteiger partial charge in [-0.05, 0) is 17.7 Å². The molecule has 5 heteroatoms. The van der Waals surface area contributed by atoms with Gasteiger partial charge in [0.2, 0.25) is 0 Å². The number of hydrogen-bond acceptors (Lipinski definition) is 3.